The van der Waals surface area contributed by atoms with Gasteiger partial charge < -0.3 is 0 Å². The highest BCUT2D eigenvalue weighted by atomic mass is 14.2. The second-order valence-corrected chi connectivity index (χ2v) is 10.4. The van der Waals surface area contributed by atoms with Gasteiger partial charge in [-0.1, -0.05) is 115 Å². The predicted octanol–water partition coefficient (Wildman–Crippen LogP) is 10.6. The Morgan fingerprint density at radius 1 is 0.421 bits per heavy atom. The summed E-state index contributed by atoms with van der Waals surface area (Å²) in [5.74, 6) is 0. The fourth-order valence-electron chi connectivity index (χ4n) is 6.43. The van der Waals surface area contributed by atoms with Gasteiger partial charge in [0.05, 0.1) is 0 Å². The summed E-state index contributed by atoms with van der Waals surface area (Å²) in [6, 6.07) is 45.0. The molecule has 1 aliphatic rings. The van der Waals surface area contributed by atoms with Crippen molar-refractivity contribution in [3.63, 3.8) is 0 Å². The topological polar surface area (TPSA) is 0 Å². The molecule has 0 heteroatoms. The zero-order valence-electron chi connectivity index (χ0n) is 21.1. The molecule has 0 spiro atoms. The Balaban J connectivity index is 1.29. The molecule has 8 rings (SSSR count). The highest BCUT2D eigenvalue weighted by Gasteiger charge is 2.13. The van der Waals surface area contributed by atoms with Crippen molar-refractivity contribution in [3.05, 3.63) is 139 Å². The zero-order valence-corrected chi connectivity index (χ0v) is 21.1. The molecule has 0 aliphatic heterocycles. The Morgan fingerprint density at radius 3 is 1.97 bits per heavy atom. The largest absolute Gasteiger partial charge is 0.0836 e. The third kappa shape index (κ3) is 3.31. The van der Waals surface area contributed by atoms with E-state index in [9.17, 15) is 0 Å². The van der Waals surface area contributed by atoms with Gasteiger partial charge in [0.25, 0.3) is 0 Å². The number of hydrogen-bond donors (Lipinski definition) is 0. The molecule has 7 aromatic carbocycles. The Hall–Kier alpha value is -4.68. The van der Waals surface area contributed by atoms with E-state index in [0.29, 0.717) is 0 Å². The third-order valence-electron chi connectivity index (χ3n) is 8.30. The number of benzene rings is 7. The first-order valence-corrected chi connectivity index (χ1v) is 13.5. The van der Waals surface area contributed by atoms with Crippen LogP contribution < -0.4 is 0 Å². The molecule has 0 aromatic heterocycles. The van der Waals surface area contributed by atoms with Crippen molar-refractivity contribution in [2.75, 3.05) is 0 Å². The van der Waals surface area contributed by atoms with Crippen molar-refractivity contribution in [3.8, 4) is 22.3 Å². The van der Waals surface area contributed by atoms with E-state index >= 15 is 0 Å². The molecule has 38 heavy (non-hydrogen) atoms. The Labute approximate surface area is 222 Å². The lowest BCUT2D eigenvalue weighted by atomic mass is 9.88. The number of hydrogen-bond acceptors (Lipinski definition) is 0. The molecule has 0 nitrogen and oxygen atoms in total. The van der Waals surface area contributed by atoms with Crippen LogP contribution in [0, 0.1) is 0 Å². The van der Waals surface area contributed by atoms with Crippen LogP contribution in [-0.4, -0.2) is 0 Å². The summed E-state index contributed by atoms with van der Waals surface area (Å²) >= 11 is 0. The lowest BCUT2D eigenvalue weighted by molar-refractivity contribution is 0.997. The molecule has 7 aromatic rings. The van der Waals surface area contributed by atoms with Gasteiger partial charge in [-0.15, -0.1) is 0 Å². The summed E-state index contributed by atoms with van der Waals surface area (Å²) in [4.78, 5) is 0. The summed E-state index contributed by atoms with van der Waals surface area (Å²) in [6.45, 7) is 0. The van der Waals surface area contributed by atoms with Gasteiger partial charge in [0.15, 0.2) is 0 Å². The average molecular weight is 483 g/mol. The van der Waals surface area contributed by atoms with Crippen LogP contribution in [0.4, 0.5) is 0 Å². The van der Waals surface area contributed by atoms with E-state index in [1.54, 1.807) is 0 Å². The van der Waals surface area contributed by atoms with Gasteiger partial charge in [0.2, 0.25) is 0 Å². The smallest absolute Gasteiger partial charge is 0.00989 e. The summed E-state index contributed by atoms with van der Waals surface area (Å²) in [5.41, 5.74) is 7.95. The standard InChI is InChI=1S/C38H26/c1-3-11-31-25(8-1)20-21-30-22-28-10-7-15-32(37(28)24-38(30)31)26-16-18-27(19-17-26)36-23-29-9-2-4-12-33(29)34-13-5-6-14-35(34)36/h1-2,4-10,12-24H,3,11H2. The van der Waals surface area contributed by atoms with Crippen LogP contribution in [0.1, 0.15) is 17.5 Å². The van der Waals surface area contributed by atoms with Crippen LogP contribution in [0.5, 0.6) is 0 Å². The van der Waals surface area contributed by atoms with Gasteiger partial charge in [0, 0.05) is 0 Å². The normalized spacial score (nSPS) is 12.9. The van der Waals surface area contributed by atoms with Crippen LogP contribution in [-0.2, 0) is 6.42 Å². The summed E-state index contributed by atoms with van der Waals surface area (Å²) in [6.07, 6.45) is 6.81. The van der Waals surface area contributed by atoms with Gasteiger partial charge in [-0.2, -0.15) is 0 Å². The highest BCUT2D eigenvalue weighted by molar-refractivity contribution is 6.14. The third-order valence-corrected chi connectivity index (χ3v) is 8.30. The molecule has 0 bridgehead atoms. The van der Waals surface area contributed by atoms with Crippen molar-refractivity contribution in [2.24, 2.45) is 0 Å². The number of aryl methyl sites for hydroxylation is 1. The highest BCUT2D eigenvalue weighted by Crippen LogP contribution is 2.38. The lowest BCUT2D eigenvalue weighted by Crippen LogP contribution is -1.95. The zero-order chi connectivity index (χ0) is 25.1. The van der Waals surface area contributed by atoms with E-state index < -0.39 is 0 Å². The first-order chi connectivity index (χ1) is 18.8. The van der Waals surface area contributed by atoms with Gasteiger partial charge in [-0.3, -0.25) is 0 Å². The molecule has 0 fully saturated rings. The molecule has 0 N–H and O–H groups in total. The molecule has 178 valence electrons. The van der Waals surface area contributed by atoms with Gasteiger partial charge in [-0.25, -0.2) is 0 Å². The number of rotatable bonds is 2. The van der Waals surface area contributed by atoms with Crippen LogP contribution >= 0.6 is 0 Å². The molecular formula is C38H26. The molecule has 1 aliphatic carbocycles. The van der Waals surface area contributed by atoms with Crippen molar-refractivity contribution in [1.29, 1.82) is 0 Å². The fourth-order valence-corrected chi connectivity index (χ4v) is 6.43. The van der Waals surface area contributed by atoms with E-state index in [0.717, 1.165) is 12.8 Å². The fraction of sp³-hybridized carbons (Fsp3) is 0.0526. The van der Waals surface area contributed by atoms with E-state index in [2.05, 4.69) is 133 Å². The van der Waals surface area contributed by atoms with E-state index in [1.165, 1.54) is 76.5 Å². The van der Waals surface area contributed by atoms with Crippen LogP contribution in [0.2, 0.25) is 0 Å². The SMILES string of the molecule is C1=Cc2ccc3cc4cccc(-c5ccc(-c6cc7ccccc7c7ccccc67)cc5)c4cc3c2CC1. The van der Waals surface area contributed by atoms with Gasteiger partial charge >= 0.3 is 0 Å². The summed E-state index contributed by atoms with van der Waals surface area (Å²) in [5, 5.41) is 10.6. The first-order valence-electron chi connectivity index (χ1n) is 13.5. The molecule has 0 saturated heterocycles. The minimum Gasteiger partial charge on any atom is -0.0836 e. The Kier molecular flexibility index (Phi) is 4.75. The van der Waals surface area contributed by atoms with Crippen molar-refractivity contribution < 1.29 is 0 Å². The maximum atomic E-state index is 2.43. The molecule has 0 heterocycles. The summed E-state index contributed by atoms with van der Waals surface area (Å²) in [7, 11) is 0. The minimum atomic E-state index is 1.12. The predicted molar refractivity (Wildman–Crippen MR) is 165 cm³/mol. The monoisotopic (exact) mass is 482 g/mol. The molecule has 0 atom stereocenters. The molecule has 0 saturated carbocycles. The first kappa shape index (κ1) is 21.4. The van der Waals surface area contributed by atoms with Crippen molar-refractivity contribution in [2.45, 2.75) is 12.8 Å². The Bertz CT molecular complexity index is 2060. The average Bonchev–Trinajstić information content (AvgIpc) is 2.99. The number of allylic oxidation sites excluding steroid dienone is 1. The van der Waals surface area contributed by atoms with Crippen LogP contribution in [0.25, 0.3) is 71.4 Å². The molecule has 0 unspecified atom stereocenters. The number of fused-ring (bicyclic) bond motifs is 7. The minimum absolute atomic E-state index is 1.12. The molecule has 0 radical (unpaired) electrons. The second kappa shape index (κ2) is 8.43. The van der Waals surface area contributed by atoms with E-state index in [4.69, 9.17) is 0 Å². The summed E-state index contributed by atoms with van der Waals surface area (Å²) < 4.78 is 0. The Morgan fingerprint density at radius 2 is 1.11 bits per heavy atom. The van der Waals surface area contributed by atoms with E-state index in [1.807, 2.05) is 0 Å². The van der Waals surface area contributed by atoms with Gasteiger partial charge in [-0.05, 0) is 108 Å². The van der Waals surface area contributed by atoms with Crippen molar-refractivity contribution in [1.82, 2.24) is 0 Å². The van der Waals surface area contributed by atoms with Crippen molar-refractivity contribution >= 4 is 49.2 Å². The molecular weight excluding hydrogens is 456 g/mol. The quantitative estimate of drug-likeness (QED) is 0.170. The maximum Gasteiger partial charge on any atom is -0.00989 e. The van der Waals surface area contributed by atoms with Gasteiger partial charge in [0.1, 0.15) is 0 Å². The van der Waals surface area contributed by atoms with E-state index in [-0.39, 0.29) is 0 Å². The maximum absolute atomic E-state index is 2.43. The molecule has 0 amide bonds. The van der Waals surface area contributed by atoms with Crippen LogP contribution in [0.15, 0.2) is 127 Å². The lowest BCUT2D eigenvalue weighted by Gasteiger charge is -2.16. The second-order valence-electron chi connectivity index (χ2n) is 10.4. The van der Waals surface area contributed by atoms with Crippen LogP contribution in [0.3, 0.4) is 0 Å².